The Morgan fingerprint density at radius 2 is 1.48 bits per heavy atom. The summed E-state index contributed by atoms with van der Waals surface area (Å²) >= 11 is 0. The molecule has 158 valence electrons. The Kier molecular flexibility index (Phi) is 7.73. The molecule has 1 unspecified atom stereocenters. The molecule has 0 radical (unpaired) electrons. The van der Waals surface area contributed by atoms with Crippen molar-refractivity contribution in [2.45, 2.75) is 26.9 Å². The molecule has 0 saturated heterocycles. The number of aliphatic hydroxyl groups is 1. The van der Waals surface area contributed by atoms with Gasteiger partial charge in [-0.25, -0.2) is 0 Å². The Morgan fingerprint density at radius 3 is 1.97 bits per heavy atom. The van der Waals surface area contributed by atoms with Crippen LogP contribution in [0.15, 0.2) is 24.3 Å². The van der Waals surface area contributed by atoms with Crippen LogP contribution in [-0.4, -0.2) is 51.5 Å². The first-order valence-electron chi connectivity index (χ1n) is 9.38. The van der Waals surface area contributed by atoms with Gasteiger partial charge < -0.3 is 30.0 Å². The van der Waals surface area contributed by atoms with E-state index in [1.165, 1.54) is 26.9 Å². The van der Waals surface area contributed by atoms with E-state index in [1.54, 1.807) is 12.1 Å². The second kappa shape index (κ2) is 10.0. The molecule has 0 aromatic heterocycles. The fraction of sp³-hybridized carbons (Fsp3) is 0.409. The number of carbonyl (C=O) groups excluding carboxylic acids is 1. The maximum atomic E-state index is 12.5. The zero-order chi connectivity index (χ0) is 21.6. The van der Waals surface area contributed by atoms with Gasteiger partial charge in [0.15, 0.2) is 11.5 Å². The standard InChI is InChI=1S/C22H30N2O5/c1-13-7-14(2)20(15(3)8-13)23-11-17(25)12-24-22(26)16-9-18(27-4)21(29-6)19(10-16)28-5/h7-10,17,23,25H,11-12H2,1-6H3,(H,24,26). The lowest BCUT2D eigenvalue weighted by molar-refractivity contribution is 0.0921. The van der Waals surface area contributed by atoms with Crippen LogP contribution in [0.2, 0.25) is 0 Å². The number of anilines is 1. The fourth-order valence-electron chi connectivity index (χ4n) is 3.28. The van der Waals surface area contributed by atoms with Crippen LogP contribution < -0.4 is 24.8 Å². The minimum atomic E-state index is -0.749. The number of amides is 1. The highest BCUT2D eigenvalue weighted by molar-refractivity contribution is 5.95. The molecule has 0 aliphatic rings. The van der Waals surface area contributed by atoms with Crippen LogP contribution in [0.1, 0.15) is 27.0 Å². The van der Waals surface area contributed by atoms with Gasteiger partial charge in [-0.15, -0.1) is 0 Å². The Labute approximate surface area is 172 Å². The SMILES string of the molecule is COc1cc(C(=O)NCC(O)CNc2c(C)cc(C)cc2C)cc(OC)c1OC. The highest BCUT2D eigenvalue weighted by Crippen LogP contribution is 2.38. The zero-order valence-electron chi connectivity index (χ0n) is 17.9. The lowest BCUT2D eigenvalue weighted by Crippen LogP contribution is -2.36. The minimum Gasteiger partial charge on any atom is -0.493 e. The van der Waals surface area contributed by atoms with Crippen LogP contribution in [-0.2, 0) is 0 Å². The first-order valence-corrected chi connectivity index (χ1v) is 9.38. The Hall–Kier alpha value is -2.93. The zero-order valence-corrected chi connectivity index (χ0v) is 17.9. The van der Waals surface area contributed by atoms with E-state index in [1.807, 2.05) is 13.8 Å². The van der Waals surface area contributed by atoms with Gasteiger partial charge in [0.05, 0.1) is 27.4 Å². The van der Waals surface area contributed by atoms with Crippen LogP contribution >= 0.6 is 0 Å². The van der Waals surface area contributed by atoms with Crippen molar-refractivity contribution in [3.63, 3.8) is 0 Å². The van der Waals surface area contributed by atoms with Gasteiger partial charge in [0.25, 0.3) is 5.91 Å². The first kappa shape index (κ1) is 22.4. The number of ether oxygens (including phenoxy) is 3. The van der Waals surface area contributed by atoms with E-state index in [4.69, 9.17) is 14.2 Å². The van der Waals surface area contributed by atoms with Crippen molar-refractivity contribution in [2.24, 2.45) is 0 Å². The molecule has 7 nitrogen and oxygen atoms in total. The molecule has 1 atom stereocenters. The number of carbonyl (C=O) groups is 1. The van der Waals surface area contributed by atoms with Crippen LogP contribution in [0.3, 0.4) is 0 Å². The van der Waals surface area contributed by atoms with E-state index < -0.39 is 6.10 Å². The van der Waals surface area contributed by atoms with Crippen molar-refractivity contribution < 1.29 is 24.1 Å². The Bertz CT molecular complexity index is 818. The van der Waals surface area contributed by atoms with Crippen molar-refractivity contribution in [2.75, 3.05) is 39.7 Å². The molecular weight excluding hydrogens is 372 g/mol. The lowest BCUT2D eigenvalue weighted by atomic mass is 10.0. The van der Waals surface area contributed by atoms with Gasteiger partial charge in [-0.2, -0.15) is 0 Å². The summed E-state index contributed by atoms with van der Waals surface area (Å²) in [5.41, 5.74) is 4.80. The molecule has 7 heteroatoms. The third kappa shape index (κ3) is 5.54. The third-order valence-electron chi connectivity index (χ3n) is 4.62. The van der Waals surface area contributed by atoms with Crippen LogP contribution in [0, 0.1) is 20.8 Å². The summed E-state index contributed by atoms with van der Waals surface area (Å²) in [7, 11) is 4.48. The molecule has 0 heterocycles. The number of benzene rings is 2. The van der Waals surface area contributed by atoms with Gasteiger partial charge in [-0.1, -0.05) is 17.7 Å². The molecule has 2 aromatic carbocycles. The molecule has 1 amide bonds. The summed E-state index contributed by atoms with van der Waals surface area (Å²) in [4.78, 5) is 12.5. The number of rotatable bonds is 9. The van der Waals surface area contributed by atoms with Gasteiger partial charge in [0, 0.05) is 24.3 Å². The average molecular weight is 402 g/mol. The maximum absolute atomic E-state index is 12.5. The highest BCUT2D eigenvalue weighted by atomic mass is 16.5. The van der Waals surface area contributed by atoms with E-state index in [-0.39, 0.29) is 12.5 Å². The number of nitrogens with one attached hydrogen (secondary N) is 2. The molecule has 0 saturated carbocycles. The maximum Gasteiger partial charge on any atom is 0.251 e. The van der Waals surface area contributed by atoms with Gasteiger partial charge >= 0.3 is 0 Å². The average Bonchev–Trinajstić information content (AvgIpc) is 2.69. The number of hydrogen-bond donors (Lipinski definition) is 3. The summed E-state index contributed by atoms with van der Waals surface area (Å²) in [6.45, 7) is 6.53. The van der Waals surface area contributed by atoms with Crippen LogP contribution in [0.5, 0.6) is 17.2 Å². The monoisotopic (exact) mass is 402 g/mol. The van der Waals surface area contributed by atoms with Crippen molar-refractivity contribution in [3.05, 3.63) is 46.5 Å². The number of methoxy groups -OCH3 is 3. The normalized spacial score (nSPS) is 11.6. The first-order chi connectivity index (χ1) is 13.8. The predicted octanol–water partition coefficient (Wildman–Crippen LogP) is 2.84. The van der Waals surface area contributed by atoms with Crippen molar-refractivity contribution in [1.29, 1.82) is 0 Å². The number of aryl methyl sites for hydroxylation is 3. The Balaban J connectivity index is 1.98. The van der Waals surface area contributed by atoms with E-state index in [2.05, 4.69) is 29.7 Å². The van der Waals surface area contributed by atoms with E-state index in [9.17, 15) is 9.90 Å². The molecule has 3 N–H and O–H groups in total. The van der Waals surface area contributed by atoms with E-state index in [0.29, 0.717) is 29.4 Å². The second-order valence-corrected chi connectivity index (χ2v) is 6.93. The smallest absolute Gasteiger partial charge is 0.251 e. The number of aliphatic hydroxyl groups excluding tert-OH is 1. The Morgan fingerprint density at radius 1 is 0.931 bits per heavy atom. The summed E-state index contributed by atoms with van der Waals surface area (Å²) in [5, 5.41) is 16.3. The molecule has 0 aliphatic carbocycles. The van der Waals surface area contributed by atoms with Crippen molar-refractivity contribution in [3.8, 4) is 17.2 Å². The van der Waals surface area contributed by atoms with Gasteiger partial charge in [0.1, 0.15) is 0 Å². The highest BCUT2D eigenvalue weighted by Gasteiger charge is 2.17. The third-order valence-corrected chi connectivity index (χ3v) is 4.62. The van der Waals surface area contributed by atoms with Crippen molar-refractivity contribution >= 4 is 11.6 Å². The summed E-state index contributed by atoms with van der Waals surface area (Å²) in [6, 6.07) is 7.32. The summed E-state index contributed by atoms with van der Waals surface area (Å²) in [5.74, 6) is 0.861. The van der Waals surface area contributed by atoms with Gasteiger partial charge in [-0.05, 0) is 44.0 Å². The molecule has 0 spiro atoms. The molecule has 29 heavy (non-hydrogen) atoms. The fourth-order valence-corrected chi connectivity index (χ4v) is 3.28. The molecule has 0 fully saturated rings. The van der Waals surface area contributed by atoms with Gasteiger partial charge in [0.2, 0.25) is 5.75 Å². The predicted molar refractivity (Wildman–Crippen MR) is 114 cm³/mol. The molecule has 2 aromatic rings. The molecule has 2 rings (SSSR count). The number of hydrogen-bond acceptors (Lipinski definition) is 6. The lowest BCUT2D eigenvalue weighted by Gasteiger charge is -2.18. The molecular formula is C22H30N2O5. The quantitative estimate of drug-likeness (QED) is 0.598. The van der Waals surface area contributed by atoms with E-state index in [0.717, 1.165) is 16.8 Å². The summed E-state index contributed by atoms with van der Waals surface area (Å²) in [6.07, 6.45) is -0.749. The van der Waals surface area contributed by atoms with Crippen LogP contribution in [0.25, 0.3) is 0 Å². The minimum absolute atomic E-state index is 0.104. The van der Waals surface area contributed by atoms with E-state index >= 15 is 0 Å². The van der Waals surface area contributed by atoms with Crippen LogP contribution in [0.4, 0.5) is 5.69 Å². The molecule has 0 aliphatic heterocycles. The summed E-state index contributed by atoms with van der Waals surface area (Å²) < 4.78 is 15.8. The van der Waals surface area contributed by atoms with Gasteiger partial charge in [-0.3, -0.25) is 4.79 Å². The second-order valence-electron chi connectivity index (χ2n) is 6.93. The topological polar surface area (TPSA) is 89.1 Å². The molecule has 0 bridgehead atoms. The van der Waals surface area contributed by atoms with Crippen molar-refractivity contribution in [1.82, 2.24) is 5.32 Å². The largest absolute Gasteiger partial charge is 0.493 e.